The Bertz CT molecular complexity index is 326. The van der Waals surface area contributed by atoms with E-state index in [0.29, 0.717) is 11.1 Å². The van der Waals surface area contributed by atoms with Gasteiger partial charge < -0.3 is 11.1 Å². The quantitative estimate of drug-likeness (QED) is 0.575. The lowest BCUT2D eigenvalue weighted by Crippen LogP contribution is -2.15. The zero-order chi connectivity index (χ0) is 12.0. The zero-order valence-electron chi connectivity index (χ0n) is 10.1. The number of halogens is 1. The molecule has 0 aliphatic heterocycles. The molecule has 0 aromatic heterocycles. The Morgan fingerprint density at radius 1 is 1.38 bits per heavy atom. The first-order chi connectivity index (χ1) is 7.63. The molecule has 1 atom stereocenters. The largest absolute Gasteiger partial charge is 0.397 e. The molecule has 1 aromatic carbocycles. The molecule has 0 bridgehead atoms. The predicted molar refractivity (Wildman–Crippen MR) is 73.1 cm³/mol. The van der Waals surface area contributed by atoms with Gasteiger partial charge in [0.1, 0.15) is 0 Å². The second-order valence-corrected chi connectivity index (χ2v) is 4.71. The number of nitrogen functional groups attached to an aromatic ring is 1. The SMILES string of the molecule is CCCCCC(C)Nc1ccc(Cl)cc1N. The monoisotopic (exact) mass is 240 g/mol. The number of nitrogens with one attached hydrogen (secondary N) is 1. The van der Waals surface area contributed by atoms with E-state index in [1.807, 2.05) is 12.1 Å². The van der Waals surface area contributed by atoms with Crippen LogP contribution in [0.2, 0.25) is 5.02 Å². The highest BCUT2D eigenvalue weighted by atomic mass is 35.5. The van der Waals surface area contributed by atoms with Crippen molar-refractivity contribution in [2.45, 2.75) is 45.6 Å². The van der Waals surface area contributed by atoms with E-state index in [-0.39, 0.29) is 0 Å². The number of benzene rings is 1. The third kappa shape index (κ3) is 4.31. The van der Waals surface area contributed by atoms with Crippen LogP contribution in [0.3, 0.4) is 0 Å². The molecule has 0 spiro atoms. The molecule has 0 saturated heterocycles. The first kappa shape index (κ1) is 13.2. The minimum absolute atomic E-state index is 0.454. The van der Waals surface area contributed by atoms with Crippen LogP contribution in [-0.2, 0) is 0 Å². The van der Waals surface area contributed by atoms with Gasteiger partial charge in [0, 0.05) is 11.1 Å². The Morgan fingerprint density at radius 3 is 2.75 bits per heavy atom. The number of rotatable bonds is 6. The fraction of sp³-hybridized carbons (Fsp3) is 0.538. The van der Waals surface area contributed by atoms with Crippen molar-refractivity contribution in [1.29, 1.82) is 0 Å². The van der Waals surface area contributed by atoms with Crippen LogP contribution in [-0.4, -0.2) is 6.04 Å². The smallest absolute Gasteiger partial charge is 0.0577 e. The lowest BCUT2D eigenvalue weighted by Gasteiger charge is -2.16. The van der Waals surface area contributed by atoms with Gasteiger partial charge in [0.15, 0.2) is 0 Å². The zero-order valence-corrected chi connectivity index (χ0v) is 10.8. The average molecular weight is 241 g/mol. The van der Waals surface area contributed by atoms with E-state index in [0.717, 1.165) is 11.4 Å². The van der Waals surface area contributed by atoms with Crippen molar-refractivity contribution >= 4 is 23.0 Å². The molecule has 1 rings (SSSR count). The van der Waals surface area contributed by atoms with Crippen molar-refractivity contribution in [3.8, 4) is 0 Å². The van der Waals surface area contributed by atoms with Crippen LogP contribution in [0.4, 0.5) is 11.4 Å². The van der Waals surface area contributed by atoms with Crippen molar-refractivity contribution in [1.82, 2.24) is 0 Å². The second kappa shape index (κ2) is 6.64. The first-order valence-corrected chi connectivity index (χ1v) is 6.33. The molecule has 1 unspecified atom stereocenters. The summed E-state index contributed by atoms with van der Waals surface area (Å²) >= 11 is 5.85. The van der Waals surface area contributed by atoms with Gasteiger partial charge in [0.25, 0.3) is 0 Å². The molecule has 0 amide bonds. The molecule has 0 fully saturated rings. The summed E-state index contributed by atoms with van der Waals surface area (Å²) in [4.78, 5) is 0. The molecule has 16 heavy (non-hydrogen) atoms. The third-order valence-electron chi connectivity index (χ3n) is 2.66. The minimum atomic E-state index is 0.454. The van der Waals surface area contributed by atoms with Gasteiger partial charge in [0.2, 0.25) is 0 Å². The maximum absolute atomic E-state index is 5.88. The van der Waals surface area contributed by atoms with Gasteiger partial charge in [-0.15, -0.1) is 0 Å². The van der Waals surface area contributed by atoms with E-state index >= 15 is 0 Å². The summed E-state index contributed by atoms with van der Waals surface area (Å²) in [7, 11) is 0. The Morgan fingerprint density at radius 2 is 2.12 bits per heavy atom. The van der Waals surface area contributed by atoms with E-state index in [9.17, 15) is 0 Å². The van der Waals surface area contributed by atoms with E-state index in [4.69, 9.17) is 17.3 Å². The van der Waals surface area contributed by atoms with Crippen LogP contribution < -0.4 is 11.1 Å². The highest BCUT2D eigenvalue weighted by Crippen LogP contribution is 2.23. The highest BCUT2D eigenvalue weighted by Gasteiger charge is 2.04. The van der Waals surface area contributed by atoms with E-state index in [1.165, 1.54) is 25.7 Å². The summed E-state index contributed by atoms with van der Waals surface area (Å²) in [6.45, 7) is 4.40. The number of nitrogens with two attached hydrogens (primary N) is 1. The summed E-state index contributed by atoms with van der Waals surface area (Å²) in [6.07, 6.45) is 4.99. The summed E-state index contributed by atoms with van der Waals surface area (Å²) in [5, 5.41) is 4.09. The summed E-state index contributed by atoms with van der Waals surface area (Å²) in [5.41, 5.74) is 7.58. The van der Waals surface area contributed by atoms with Crippen LogP contribution in [0.1, 0.15) is 39.5 Å². The Balaban J connectivity index is 2.46. The molecule has 90 valence electrons. The topological polar surface area (TPSA) is 38.0 Å². The number of hydrogen-bond donors (Lipinski definition) is 2. The maximum Gasteiger partial charge on any atom is 0.0577 e. The average Bonchev–Trinajstić information content (AvgIpc) is 2.23. The second-order valence-electron chi connectivity index (χ2n) is 4.27. The molecule has 1 aromatic rings. The predicted octanol–water partition coefficient (Wildman–Crippen LogP) is 4.30. The van der Waals surface area contributed by atoms with Gasteiger partial charge in [-0.2, -0.15) is 0 Å². The van der Waals surface area contributed by atoms with Crippen LogP contribution >= 0.6 is 11.6 Å². The van der Waals surface area contributed by atoms with Crippen LogP contribution in [0.15, 0.2) is 18.2 Å². The standard InChI is InChI=1S/C13H21ClN2/c1-3-4-5-6-10(2)16-13-8-7-11(14)9-12(13)15/h7-10,16H,3-6,15H2,1-2H3. The van der Waals surface area contributed by atoms with Crippen LogP contribution in [0, 0.1) is 0 Å². The van der Waals surface area contributed by atoms with Crippen LogP contribution in [0.25, 0.3) is 0 Å². The third-order valence-corrected chi connectivity index (χ3v) is 2.89. The molecular formula is C13H21ClN2. The van der Waals surface area contributed by atoms with E-state index in [1.54, 1.807) is 6.07 Å². The minimum Gasteiger partial charge on any atom is -0.397 e. The number of unbranched alkanes of at least 4 members (excludes halogenated alkanes) is 2. The summed E-state index contributed by atoms with van der Waals surface area (Å²) in [6, 6.07) is 6.03. The molecule has 0 saturated carbocycles. The first-order valence-electron chi connectivity index (χ1n) is 5.95. The van der Waals surface area contributed by atoms with Crippen molar-refractivity contribution in [2.24, 2.45) is 0 Å². The van der Waals surface area contributed by atoms with Gasteiger partial charge in [-0.1, -0.05) is 37.8 Å². The number of hydrogen-bond acceptors (Lipinski definition) is 2. The van der Waals surface area contributed by atoms with Crippen molar-refractivity contribution < 1.29 is 0 Å². The Labute approximate surface area is 103 Å². The molecule has 0 heterocycles. The highest BCUT2D eigenvalue weighted by molar-refractivity contribution is 6.31. The van der Waals surface area contributed by atoms with E-state index in [2.05, 4.69) is 19.2 Å². The maximum atomic E-state index is 5.88. The lowest BCUT2D eigenvalue weighted by molar-refractivity contribution is 0.615. The molecule has 2 nitrogen and oxygen atoms in total. The molecule has 0 radical (unpaired) electrons. The molecular weight excluding hydrogens is 220 g/mol. The van der Waals surface area contributed by atoms with Crippen molar-refractivity contribution in [2.75, 3.05) is 11.1 Å². The van der Waals surface area contributed by atoms with Gasteiger partial charge >= 0.3 is 0 Å². The number of anilines is 2. The molecule has 3 heteroatoms. The molecule has 0 aliphatic rings. The summed E-state index contributed by atoms with van der Waals surface area (Å²) in [5.74, 6) is 0. The van der Waals surface area contributed by atoms with Crippen molar-refractivity contribution in [3.05, 3.63) is 23.2 Å². The molecule has 3 N–H and O–H groups in total. The van der Waals surface area contributed by atoms with Gasteiger partial charge in [-0.3, -0.25) is 0 Å². The Kier molecular flexibility index (Phi) is 5.47. The van der Waals surface area contributed by atoms with Gasteiger partial charge in [0.05, 0.1) is 11.4 Å². The molecule has 0 aliphatic carbocycles. The van der Waals surface area contributed by atoms with Gasteiger partial charge in [-0.25, -0.2) is 0 Å². The fourth-order valence-corrected chi connectivity index (χ4v) is 1.88. The lowest BCUT2D eigenvalue weighted by atomic mass is 10.1. The van der Waals surface area contributed by atoms with Gasteiger partial charge in [-0.05, 0) is 31.5 Å². The Hall–Kier alpha value is -0.890. The summed E-state index contributed by atoms with van der Waals surface area (Å²) < 4.78 is 0. The van der Waals surface area contributed by atoms with Crippen molar-refractivity contribution in [3.63, 3.8) is 0 Å². The van der Waals surface area contributed by atoms with Crippen LogP contribution in [0.5, 0.6) is 0 Å². The fourth-order valence-electron chi connectivity index (χ4n) is 1.70. The van der Waals surface area contributed by atoms with E-state index < -0.39 is 0 Å². The normalized spacial score (nSPS) is 12.4.